The monoisotopic (exact) mass is 378 g/mol. The molecule has 1 aliphatic heterocycles. The van der Waals surface area contributed by atoms with E-state index in [1.165, 1.54) is 17.2 Å². The molecule has 11 nitrogen and oxygen atoms in total. The molecule has 146 valence electrons. The summed E-state index contributed by atoms with van der Waals surface area (Å²) in [6.07, 6.45) is -0.463. The van der Waals surface area contributed by atoms with E-state index in [9.17, 15) is 20.1 Å². The fourth-order valence-electron chi connectivity index (χ4n) is 3.74. The highest BCUT2D eigenvalue weighted by Crippen LogP contribution is 2.33. The normalized spacial score (nSPS) is 30.0. The zero-order valence-electron chi connectivity index (χ0n) is 14.5. The first kappa shape index (κ1) is 18.0. The van der Waals surface area contributed by atoms with Gasteiger partial charge in [-0.3, -0.25) is 9.36 Å². The zero-order valence-corrected chi connectivity index (χ0v) is 14.5. The zero-order chi connectivity index (χ0) is 19.1. The number of hydrogen-bond donors (Lipinski definition) is 5. The van der Waals surface area contributed by atoms with Crippen LogP contribution in [0.4, 0.5) is 5.82 Å². The van der Waals surface area contributed by atoms with E-state index in [-0.39, 0.29) is 11.9 Å². The van der Waals surface area contributed by atoms with Gasteiger partial charge in [0, 0.05) is 6.04 Å². The number of nitrogen functional groups attached to an aromatic ring is 1. The summed E-state index contributed by atoms with van der Waals surface area (Å²) in [4.78, 5) is 24.3. The van der Waals surface area contributed by atoms with E-state index < -0.39 is 36.6 Å². The van der Waals surface area contributed by atoms with Crippen LogP contribution in [0.15, 0.2) is 12.7 Å². The van der Waals surface area contributed by atoms with E-state index in [0.29, 0.717) is 11.2 Å². The van der Waals surface area contributed by atoms with Crippen molar-refractivity contribution in [3.05, 3.63) is 12.7 Å². The first-order chi connectivity index (χ1) is 13.0. The molecule has 0 aromatic carbocycles. The Labute approximate surface area is 154 Å². The molecule has 2 aromatic rings. The second-order valence-corrected chi connectivity index (χ2v) is 6.99. The minimum absolute atomic E-state index is 0.0173. The molecule has 11 heteroatoms. The maximum absolute atomic E-state index is 12.3. The van der Waals surface area contributed by atoms with Gasteiger partial charge in [0.15, 0.2) is 23.8 Å². The van der Waals surface area contributed by atoms with Crippen LogP contribution in [0.2, 0.25) is 0 Å². The van der Waals surface area contributed by atoms with Crippen molar-refractivity contribution in [3.8, 4) is 0 Å². The van der Waals surface area contributed by atoms with Crippen LogP contribution in [0.25, 0.3) is 11.2 Å². The molecule has 0 radical (unpaired) electrons. The minimum Gasteiger partial charge on any atom is -0.387 e. The summed E-state index contributed by atoms with van der Waals surface area (Å²) < 4.78 is 7.03. The van der Waals surface area contributed by atoms with Gasteiger partial charge in [0.1, 0.15) is 30.2 Å². The Morgan fingerprint density at radius 2 is 2.00 bits per heavy atom. The fraction of sp³-hybridized carbons (Fsp3) is 0.625. The maximum Gasteiger partial charge on any atom is 0.251 e. The number of imidazole rings is 1. The standard InChI is InChI=1S/C16H22N6O5/c17-13-8-14(19-5-18-13)22(6-20-8)16-10(24)9(23)12(27-16)11(25)15(26)21-7-3-1-2-4-7/h5-7,9-12,16,23-25H,1-4H2,(H,21,26)(H2,17,18,19)/t9?,10?,11?,12-,16+/m0/s1. The van der Waals surface area contributed by atoms with Crippen LogP contribution < -0.4 is 11.1 Å². The third kappa shape index (κ3) is 3.12. The molecular formula is C16H22N6O5. The number of aliphatic hydroxyl groups is 3. The number of aromatic nitrogens is 4. The van der Waals surface area contributed by atoms with Crippen LogP contribution >= 0.6 is 0 Å². The Hall–Kier alpha value is -2.34. The molecule has 1 aliphatic carbocycles. The third-order valence-corrected chi connectivity index (χ3v) is 5.22. The highest BCUT2D eigenvalue weighted by atomic mass is 16.6. The number of aliphatic hydroxyl groups excluding tert-OH is 3. The van der Waals surface area contributed by atoms with Crippen molar-refractivity contribution in [2.75, 3.05) is 5.73 Å². The van der Waals surface area contributed by atoms with Gasteiger partial charge < -0.3 is 31.1 Å². The number of nitrogens with one attached hydrogen (secondary N) is 1. The van der Waals surface area contributed by atoms with Crippen molar-refractivity contribution < 1.29 is 24.9 Å². The number of carbonyl (C=O) groups excluding carboxylic acids is 1. The van der Waals surface area contributed by atoms with Crippen LogP contribution in [-0.4, -0.2) is 71.2 Å². The lowest BCUT2D eigenvalue weighted by Gasteiger charge is -2.22. The molecule has 0 bridgehead atoms. The average Bonchev–Trinajstić information content (AvgIpc) is 3.37. The largest absolute Gasteiger partial charge is 0.387 e. The van der Waals surface area contributed by atoms with E-state index in [1.807, 2.05) is 0 Å². The average molecular weight is 378 g/mol. The number of rotatable bonds is 4. The van der Waals surface area contributed by atoms with Crippen LogP contribution in [0.1, 0.15) is 31.9 Å². The summed E-state index contributed by atoms with van der Waals surface area (Å²) in [5.74, 6) is -0.458. The summed E-state index contributed by atoms with van der Waals surface area (Å²) in [5, 5.41) is 33.8. The summed E-state index contributed by atoms with van der Waals surface area (Å²) in [6.45, 7) is 0. The molecule has 0 spiro atoms. The SMILES string of the molecule is Nc1ncnc2c1ncn2[C@@H]1O[C@H](C(O)C(=O)NC2CCCC2)C(O)C1O. The number of fused-ring (bicyclic) bond motifs is 1. The molecule has 2 fully saturated rings. The number of anilines is 1. The van der Waals surface area contributed by atoms with E-state index in [0.717, 1.165) is 25.7 Å². The van der Waals surface area contributed by atoms with E-state index >= 15 is 0 Å². The van der Waals surface area contributed by atoms with Gasteiger partial charge in [0.05, 0.1) is 6.33 Å². The van der Waals surface area contributed by atoms with E-state index in [2.05, 4.69) is 20.3 Å². The van der Waals surface area contributed by atoms with Gasteiger partial charge in [-0.05, 0) is 12.8 Å². The minimum atomic E-state index is -1.62. The maximum atomic E-state index is 12.3. The lowest BCUT2D eigenvalue weighted by Crippen LogP contribution is -2.49. The summed E-state index contributed by atoms with van der Waals surface area (Å²) >= 11 is 0. The number of carbonyl (C=O) groups is 1. The summed E-state index contributed by atoms with van der Waals surface area (Å²) in [6, 6.07) is 0.0173. The number of amides is 1. The molecular weight excluding hydrogens is 356 g/mol. The summed E-state index contributed by atoms with van der Waals surface area (Å²) in [7, 11) is 0. The van der Waals surface area contributed by atoms with Crippen LogP contribution in [0.5, 0.6) is 0 Å². The molecule has 4 rings (SSSR count). The van der Waals surface area contributed by atoms with Crippen LogP contribution in [0.3, 0.4) is 0 Å². The van der Waals surface area contributed by atoms with Gasteiger partial charge in [0.25, 0.3) is 5.91 Å². The number of hydrogen-bond acceptors (Lipinski definition) is 9. The Bertz CT molecular complexity index is 838. The van der Waals surface area contributed by atoms with Gasteiger partial charge in [-0.25, -0.2) is 15.0 Å². The second kappa shape index (κ2) is 7.00. The highest BCUT2D eigenvalue weighted by molar-refractivity contribution is 5.82. The molecule has 2 aliphatic rings. The lowest BCUT2D eigenvalue weighted by molar-refractivity contribution is -0.144. The molecule has 5 atom stereocenters. The Morgan fingerprint density at radius 1 is 1.26 bits per heavy atom. The van der Waals surface area contributed by atoms with Crippen molar-refractivity contribution >= 4 is 22.9 Å². The van der Waals surface area contributed by atoms with Gasteiger partial charge in [-0.15, -0.1) is 0 Å². The molecule has 1 saturated carbocycles. The molecule has 3 unspecified atom stereocenters. The molecule has 3 heterocycles. The summed E-state index contributed by atoms with van der Waals surface area (Å²) in [5.41, 5.74) is 6.38. The van der Waals surface area contributed by atoms with Crippen molar-refractivity contribution in [3.63, 3.8) is 0 Å². The molecule has 2 aromatic heterocycles. The van der Waals surface area contributed by atoms with Crippen molar-refractivity contribution in [1.29, 1.82) is 0 Å². The quantitative estimate of drug-likeness (QED) is 0.423. The van der Waals surface area contributed by atoms with Crippen molar-refractivity contribution in [2.45, 2.75) is 62.4 Å². The van der Waals surface area contributed by atoms with Crippen LogP contribution in [0, 0.1) is 0 Å². The predicted molar refractivity (Wildman–Crippen MR) is 92.1 cm³/mol. The van der Waals surface area contributed by atoms with Gasteiger partial charge in [-0.2, -0.15) is 0 Å². The molecule has 1 amide bonds. The van der Waals surface area contributed by atoms with E-state index in [1.54, 1.807) is 0 Å². The highest BCUT2D eigenvalue weighted by Gasteiger charge is 2.49. The van der Waals surface area contributed by atoms with Gasteiger partial charge in [0.2, 0.25) is 0 Å². The first-order valence-corrected chi connectivity index (χ1v) is 8.90. The number of nitrogens with two attached hydrogens (primary N) is 1. The van der Waals surface area contributed by atoms with Crippen molar-refractivity contribution in [1.82, 2.24) is 24.8 Å². The Kier molecular flexibility index (Phi) is 4.68. The molecule has 6 N–H and O–H groups in total. The lowest BCUT2D eigenvalue weighted by atomic mass is 10.0. The predicted octanol–water partition coefficient (Wildman–Crippen LogP) is -1.55. The van der Waals surface area contributed by atoms with Crippen LogP contribution in [-0.2, 0) is 9.53 Å². The van der Waals surface area contributed by atoms with Crippen molar-refractivity contribution in [2.24, 2.45) is 0 Å². The third-order valence-electron chi connectivity index (χ3n) is 5.22. The molecule has 27 heavy (non-hydrogen) atoms. The topological polar surface area (TPSA) is 169 Å². The Morgan fingerprint density at radius 3 is 2.74 bits per heavy atom. The van der Waals surface area contributed by atoms with E-state index in [4.69, 9.17) is 10.5 Å². The second-order valence-electron chi connectivity index (χ2n) is 6.99. The number of nitrogens with zero attached hydrogens (tertiary/aromatic N) is 4. The van der Waals surface area contributed by atoms with Gasteiger partial charge >= 0.3 is 0 Å². The number of ether oxygens (including phenoxy) is 1. The Balaban J connectivity index is 1.53. The fourth-order valence-corrected chi connectivity index (χ4v) is 3.74. The van der Waals surface area contributed by atoms with Gasteiger partial charge in [-0.1, -0.05) is 12.8 Å². The first-order valence-electron chi connectivity index (χ1n) is 8.90. The molecule has 1 saturated heterocycles. The smallest absolute Gasteiger partial charge is 0.251 e.